The van der Waals surface area contributed by atoms with Gasteiger partial charge >= 0.3 is 0 Å². The van der Waals surface area contributed by atoms with Gasteiger partial charge in [-0.3, -0.25) is 4.79 Å². The molecule has 0 saturated heterocycles. The number of fused-ring (bicyclic) bond motifs is 1. The number of hydrogen-bond acceptors (Lipinski definition) is 3. The number of Topliss-reactive ketones (excluding diaryl/α,β-unsaturated/α-hetero) is 1. The molecule has 0 N–H and O–H groups in total. The van der Waals surface area contributed by atoms with Crippen molar-refractivity contribution in [3.63, 3.8) is 0 Å². The van der Waals surface area contributed by atoms with Gasteiger partial charge in [-0.2, -0.15) is 0 Å². The molecular weight excluding hydrogens is 336 g/mol. The van der Waals surface area contributed by atoms with Crippen LogP contribution in [0.1, 0.15) is 32.6 Å². The summed E-state index contributed by atoms with van der Waals surface area (Å²) >= 11 is 0. The van der Waals surface area contributed by atoms with Crippen molar-refractivity contribution in [3.05, 3.63) is 100 Å². The molecule has 1 aliphatic rings. The first-order valence-electron chi connectivity index (χ1n) is 8.92. The monoisotopic (exact) mass is 356 g/mol. The van der Waals surface area contributed by atoms with Crippen LogP contribution in [0.4, 0.5) is 0 Å². The van der Waals surface area contributed by atoms with Crippen LogP contribution in [-0.4, -0.2) is 5.78 Å². The third-order valence-corrected chi connectivity index (χ3v) is 4.54. The predicted octanol–water partition coefficient (Wildman–Crippen LogP) is 5.50. The van der Waals surface area contributed by atoms with Gasteiger partial charge in [-0.1, -0.05) is 59.7 Å². The first-order chi connectivity index (χ1) is 13.1. The maximum Gasteiger partial charge on any atom is 0.231 e. The maximum atomic E-state index is 12.6. The van der Waals surface area contributed by atoms with Crippen molar-refractivity contribution in [1.82, 2.24) is 0 Å². The molecule has 0 spiro atoms. The predicted molar refractivity (Wildman–Crippen MR) is 106 cm³/mol. The molecule has 0 unspecified atom stereocenters. The van der Waals surface area contributed by atoms with Crippen LogP contribution >= 0.6 is 0 Å². The zero-order valence-corrected chi connectivity index (χ0v) is 15.4. The highest BCUT2D eigenvalue weighted by molar-refractivity contribution is 6.14. The summed E-state index contributed by atoms with van der Waals surface area (Å²) in [5, 5.41) is 0. The molecule has 0 amide bonds. The largest absolute Gasteiger partial charge is 0.489 e. The van der Waals surface area contributed by atoms with Gasteiger partial charge in [0.15, 0.2) is 5.76 Å². The lowest BCUT2D eigenvalue weighted by Gasteiger charge is -2.07. The molecule has 134 valence electrons. The molecule has 3 aromatic carbocycles. The van der Waals surface area contributed by atoms with Crippen molar-refractivity contribution in [3.8, 4) is 11.5 Å². The molecule has 3 nitrogen and oxygen atoms in total. The zero-order valence-electron chi connectivity index (χ0n) is 15.4. The first kappa shape index (κ1) is 17.1. The molecule has 3 heteroatoms. The lowest BCUT2D eigenvalue weighted by molar-refractivity contribution is 0.101. The van der Waals surface area contributed by atoms with Gasteiger partial charge in [-0.05, 0) is 43.2 Å². The Morgan fingerprint density at radius 3 is 2.26 bits per heavy atom. The SMILES string of the molecule is Cc1ccc(C=C2Oc3cc(OCc4ccc(C)cc4)ccc3C2=O)cc1. The summed E-state index contributed by atoms with van der Waals surface area (Å²) in [6.07, 6.45) is 1.77. The number of aryl methyl sites for hydroxylation is 2. The Bertz CT molecular complexity index is 1010. The van der Waals surface area contributed by atoms with E-state index in [1.807, 2.05) is 49.4 Å². The highest BCUT2D eigenvalue weighted by atomic mass is 16.5. The molecule has 0 bridgehead atoms. The third-order valence-electron chi connectivity index (χ3n) is 4.54. The van der Waals surface area contributed by atoms with Gasteiger partial charge in [0.25, 0.3) is 0 Å². The van der Waals surface area contributed by atoms with E-state index in [0.29, 0.717) is 29.4 Å². The molecule has 4 rings (SSSR count). The molecule has 0 saturated carbocycles. The van der Waals surface area contributed by atoms with E-state index < -0.39 is 0 Å². The fourth-order valence-electron chi connectivity index (χ4n) is 2.92. The van der Waals surface area contributed by atoms with E-state index in [4.69, 9.17) is 9.47 Å². The number of ketones is 1. The van der Waals surface area contributed by atoms with Crippen LogP contribution in [0.5, 0.6) is 11.5 Å². The molecule has 0 fully saturated rings. The van der Waals surface area contributed by atoms with Crippen LogP contribution in [0.3, 0.4) is 0 Å². The number of benzene rings is 3. The van der Waals surface area contributed by atoms with Crippen molar-refractivity contribution in [1.29, 1.82) is 0 Å². The minimum atomic E-state index is -0.101. The second-order valence-corrected chi connectivity index (χ2v) is 6.78. The van der Waals surface area contributed by atoms with Crippen LogP contribution < -0.4 is 9.47 Å². The van der Waals surface area contributed by atoms with Crippen molar-refractivity contribution in [2.75, 3.05) is 0 Å². The van der Waals surface area contributed by atoms with Crippen LogP contribution in [0.2, 0.25) is 0 Å². The average Bonchev–Trinajstić information content (AvgIpc) is 2.98. The van der Waals surface area contributed by atoms with Crippen LogP contribution in [0, 0.1) is 13.8 Å². The number of ether oxygens (including phenoxy) is 2. The topological polar surface area (TPSA) is 35.5 Å². The van der Waals surface area contributed by atoms with Gasteiger partial charge in [0.1, 0.15) is 18.1 Å². The lowest BCUT2D eigenvalue weighted by atomic mass is 10.1. The summed E-state index contributed by atoms with van der Waals surface area (Å²) in [6, 6.07) is 21.5. The molecule has 0 radical (unpaired) electrons. The summed E-state index contributed by atoms with van der Waals surface area (Å²) in [5.41, 5.74) is 4.99. The van der Waals surface area contributed by atoms with Crippen molar-refractivity contribution in [2.24, 2.45) is 0 Å². The fraction of sp³-hybridized carbons (Fsp3) is 0.125. The molecule has 0 aromatic heterocycles. The van der Waals surface area contributed by atoms with E-state index in [-0.39, 0.29) is 5.78 Å². The van der Waals surface area contributed by atoms with E-state index >= 15 is 0 Å². The minimum Gasteiger partial charge on any atom is -0.489 e. The molecule has 0 aliphatic carbocycles. The number of carbonyl (C=O) groups excluding carboxylic acids is 1. The lowest BCUT2D eigenvalue weighted by Crippen LogP contribution is -1.98. The van der Waals surface area contributed by atoms with Crippen LogP contribution in [-0.2, 0) is 6.61 Å². The quantitative estimate of drug-likeness (QED) is 0.579. The van der Waals surface area contributed by atoms with E-state index in [1.165, 1.54) is 11.1 Å². The summed E-state index contributed by atoms with van der Waals surface area (Å²) in [5.74, 6) is 1.46. The summed E-state index contributed by atoms with van der Waals surface area (Å²) in [7, 11) is 0. The third kappa shape index (κ3) is 3.77. The smallest absolute Gasteiger partial charge is 0.231 e. The summed E-state index contributed by atoms with van der Waals surface area (Å²) < 4.78 is 11.6. The number of carbonyl (C=O) groups is 1. The highest BCUT2D eigenvalue weighted by Crippen LogP contribution is 2.35. The van der Waals surface area contributed by atoms with Gasteiger partial charge in [0.05, 0.1) is 5.56 Å². The minimum absolute atomic E-state index is 0.101. The molecule has 1 heterocycles. The van der Waals surface area contributed by atoms with Crippen molar-refractivity contribution < 1.29 is 14.3 Å². The maximum absolute atomic E-state index is 12.6. The second kappa shape index (κ2) is 7.12. The second-order valence-electron chi connectivity index (χ2n) is 6.78. The van der Waals surface area contributed by atoms with E-state index in [0.717, 1.165) is 11.1 Å². The van der Waals surface area contributed by atoms with Gasteiger partial charge < -0.3 is 9.47 Å². The Hall–Kier alpha value is -3.33. The molecule has 27 heavy (non-hydrogen) atoms. The van der Waals surface area contributed by atoms with Crippen LogP contribution in [0.15, 0.2) is 72.5 Å². The molecule has 3 aromatic rings. The van der Waals surface area contributed by atoms with E-state index in [2.05, 4.69) is 19.1 Å². The Kier molecular flexibility index (Phi) is 4.51. The number of rotatable bonds is 4. The number of hydrogen-bond donors (Lipinski definition) is 0. The van der Waals surface area contributed by atoms with Crippen LogP contribution in [0.25, 0.3) is 6.08 Å². The Morgan fingerprint density at radius 1 is 0.889 bits per heavy atom. The average molecular weight is 356 g/mol. The molecular formula is C24H20O3. The van der Waals surface area contributed by atoms with E-state index in [9.17, 15) is 4.79 Å². The van der Waals surface area contributed by atoms with Gasteiger partial charge in [-0.15, -0.1) is 0 Å². The fourth-order valence-corrected chi connectivity index (χ4v) is 2.92. The summed E-state index contributed by atoms with van der Waals surface area (Å²) in [6.45, 7) is 4.56. The Balaban J connectivity index is 1.50. The van der Waals surface area contributed by atoms with Gasteiger partial charge in [0, 0.05) is 6.07 Å². The first-order valence-corrected chi connectivity index (χ1v) is 8.92. The van der Waals surface area contributed by atoms with Crippen molar-refractivity contribution in [2.45, 2.75) is 20.5 Å². The Labute approximate surface area is 158 Å². The van der Waals surface area contributed by atoms with Gasteiger partial charge in [0.2, 0.25) is 5.78 Å². The molecule has 1 aliphatic heterocycles. The Morgan fingerprint density at radius 2 is 1.56 bits per heavy atom. The number of allylic oxidation sites excluding steroid dienone is 1. The normalized spacial score (nSPS) is 14.1. The van der Waals surface area contributed by atoms with Crippen molar-refractivity contribution >= 4 is 11.9 Å². The van der Waals surface area contributed by atoms with Gasteiger partial charge in [-0.25, -0.2) is 0 Å². The molecule has 0 atom stereocenters. The van der Waals surface area contributed by atoms with E-state index in [1.54, 1.807) is 18.2 Å². The highest BCUT2D eigenvalue weighted by Gasteiger charge is 2.27. The summed E-state index contributed by atoms with van der Waals surface area (Å²) in [4.78, 5) is 12.6. The zero-order chi connectivity index (χ0) is 18.8. The standard InChI is InChI=1S/C24H20O3/c1-16-3-7-18(8-4-16)13-23-24(25)21-12-11-20(14-22(21)27-23)26-15-19-9-5-17(2)6-10-19/h3-14H,15H2,1-2H3.